The molecular formula is C19H16FN3O3S. The first-order valence-corrected chi connectivity index (χ1v) is 9.71. The fourth-order valence-electron chi connectivity index (χ4n) is 2.99. The molecule has 6 nitrogen and oxygen atoms in total. The summed E-state index contributed by atoms with van der Waals surface area (Å²) >= 11 is 0. The number of ether oxygens (including phenoxy) is 1. The highest BCUT2D eigenvalue weighted by atomic mass is 32.2. The lowest BCUT2D eigenvalue weighted by molar-refractivity contribution is 0.102. The molecular weight excluding hydrogens is 369 g/mol. The lowest BCUT2D eigenvalue weighted by Crippen LogP contribution is -2.17. The van der Waals surface area contributed by atoms with Gasteiger partial charge in [0, 0.05) is 16.4 Å². The van der Waals surface area contributed by atoms with Crippen molar-refractivity contribution in [3.8, 4) is 11.4 Å². The van der Waals surface area contributed by atoms with Gasteiger partial charge in [-0.15, -0.1) is 0 Å². The van der Waals surface area contributed by atoms with Crippen LogP contribution in [0.15, 0.2) is 48.5 Å². The summed E-state index contributed by atoms with van der Waals surface area (Å²) in [6.07, 6.45) is 0. The molecule has 1 N–H and O–H groups in total. The quantitative estimate of drug-likeness (QED) is 0.749. The fourth-order valence-corrected chi connectivity index (χ4v) is 4.25. The molecule has 138 valence electrons. The molecule has 3 aromatic rings. The molecule has 1 amide bonds. The van der Waals surface area contributed by atoms with Crippen LogP contribution in [0.1, 0.15) is 21.6 Å². The minimum atomic E-state index is -1.05. The summed E-state index contributed by atoms with van der Waals surface area (Å²) in [6.45, 7) is 0. The van der Waals surface area contributed by atoms with Crippen LogP contribution in [0.3, 0.4) is 0 Å². The Labute approximate surface area is 157 Å². The van der Waals surface area contributed by atoms with Crippen molar-refractivity contribution in [2.75, 3.05) is 12.4 Å². The van der Waals surface area contributed by atoms with Crippen molar-refractivity contribution in [1.29, 1.82) is 0 Å². The lowest BCUT2D eigenvalue weighted by Gasteiger charge is -2.12. The summed E-state index contributed by atoms with van der Waals surface area (Å²) in [6, 6.07) is 12.9. The number of anilines is 1. The van der Waals surface area contributed by atoms with Crippen molar-refractivity contribution in [3.05, 3.63) is 71.2 Å². The van der Waals surface area contributed by atoms with E-state index in [1.807, 2.05) is 0 Å². The summed E-state index contributed by atoms with van der Waals surface area (Å²) in [5.74, 6) is 0.555. The van der Waals surface area contributed by atoms with Gasteiger partial charge in [-0.1, -0.05) is 12.1 Å². The van der Waals surface area contributed by atoms with Gasteiger partial charge in [-0.3, -0.25) is 9.00 Å². The molecule has 0 saturated heterocycles. The number of carbonyl (C=O) groups excluding carboxylic acids is 1. The molecule has 27 heavy (non-hydrogen) atoms. The molecule has 2 heterocycles. The van der Waals surface area contributed by atoms with E-state index in [-0.39, 0.29) is 5.56 Å². The van der Waals surface area contributed by atoms with Crippen molar-refractivity contribution in [1.82, 2.24) is 9.78 Å². The van der Waals surface area contributed by atoms with Gasteiger partial charge in [0.05, 0.1) is 35.6 Å². The van der Waals surface area contributed by atoms with Crippen molar-refractivity contribution < 1.29 is 18.1 Å². The number of nitrogens with one attached hydrogen (secondary N) is 1. The van der Waals surface area contributed by atoms with E-state index in [4.69, 9.17) is 4.74 Å². The number of methoxy groups -OCH3 is 1. The van der Waals surface area contributed by atoms with Crippen molar-refractivity contribution in [2.24, 2.45) is 0 Å². The predicted molar refractivity (Wildman–Crippen MR) is 100 cm³/mol. The summed E-state index contributed by atoms with van der Waals surface area (Å²) in [5.41, 5.74) is 2.04. The van der Waals surface area contributed by atoms with Crippen molar-refractivity contribution in [3.63, 3.8) is 0 Å². The number of carbonyl (C=O) groups is 1. The van der Waals surface area contributed by atoms with E-state index in [1.165, 1.54) is 18.2 Å². The predicted octanol–water partition coefficient (Wildman–Crippen LogP) is 3.03. The average molecular weight is 385 g/mol. The first-order valence-electron chi connectivity index (χ1n) is 8.23. The molecule has 0 fully saturated rings. The third kappa shape index (κ3) is 3.23. The Bertz CT molecular complexity index is 1050. The van der Waals surface area contributed by atoms with E-state index >= 15 is 0 Å². The number of halogens is 1. The van der Waals surface area contributed by atoms with Crippen LogP contribution in [-0.2, 0) is 22.3 Å². The highest BCUT2D eigenvalue weighted by molar-refractivity contribution is 7.83. The summed E-state index contributed by atoms with van der Waals surface area (Å²) in [7, 11) is 0.523. The number of benzene rings is 2. The molecule has 1 atom stereocenters. The van der Waals surface area contributed by atoms with Crippen LogP contribution in [0.5, 0.6) is 5.75 Å². The van der Waals surface area contributed by atoms with Gasteiger partial charge in [0.25, 0.3) is 5.91 Å². The summed E-state index contributed by atoms with van der Waals surface area (Å²) in [5, 5.41) is 7.26. The molecule has 0 spiro atoms. The van der Waals surface area contributed by atoms with Gasteiger partial charge in [0.15, 0.2) is 0 Å². The molecule has 0 bridgehead atoms. The lowest BCUT2D eigenvalue weighted by atomic mass is 10.2. The Balaban J connectivity index is 1.75. The molecule has 1 unspecified atom stereocenters. The Morgan fingerprint density at radius 3 is 2.63 bits per heavy atom. The van der Waals surface area contributed by atoms with Crippen molar-refractivity contribution >= 4 is 22.5 Å². The second-order valence-electron chi connectivity index (χ2n) is 6.05. The number of nitrogens with zero attached hydrogens (tertiary/aromatic N) is 2. The molecule has 0 aliphatic carbocycles. The number of aromatic nitrogens is 2. The van der Waals surface area contributed by atoms with Crippen LogP contribution in [-0.4, -0.2) is 27.0 Å². The Hall–Kier alpha value is -3.00. The van der Waals surface area contributed by atoms with Crippen LogP contribution in [0.2, 0.25) is 0 Å². The topological polar surface area (TPSA) is 73.2 Å². The van der Waals surface area contributed by atoms with Crippen LogP contribution < -0.4 is 10.1 Å². The van der Waals surface area contributed by atoms with E-state index in [0.717, 1.165) is 0 Å². The zero-order valence-electron chi connectivity index (χ0n) is 14.4. The summed E-state index contributed by atoms with van der Waals surface area (Å²) < 4.78 is 32.6. The third-order valence-corrected chi connectivity index (χ3v) is 5.54. The van der Waals surface area contributed by atoms with Crippen LogP contribution >= 0.6 is 0 Å². The zero-order valence-corrected chi connectivity index (χ0v) is 15.3. The SMILES string of the molecule is COc1ccc(-n2nc3c(c2NC(=O)c2ccccc2F)CS(=O)C3)cc1. The Morgan fingerprint density at radius 2 is 1.93 bits per heavy atom. The first-order chi connectivity index (χ1) is 13.1. The Kier molecular flexibility index (Phi) is 4.49. The standard InChI is InChI=1S/C19H16FN3O3S/c1-26-13-8-6-12(7-9-13)23-18(15-10-27(25)11-17(15)22-23)21-19(24)14-4-2-3-5-16(14)20/h2-9H,10-11H2,1H3,(H,21,24). The Morgan fingerprint density at radius 1 is 1.19 bits per heavy atom. The molecule has 1 aliphatic heterocycles. The maximum Gasteiger partial charge on any atom is 0.259 e. The zero-order chi connectivity index (χ0) is 19.0. The molecule has 0 saturated carbocycles. The third-order valence-electron chi connectivity index (χ3n) is 4.34. The van der Waals surface area contributed by atoms with Gasteiger partial charge in [0.1, 0.15) is 17.4 Å². The second kappa shape index (κ2) is 6.96. The van der Waals surface area contributed by atoms with E-state index < -0.39 is 22.5 Å². The molecule has 1 aromatic heterocycles. The number of fused-ring (bicyclic) bond motifs is 1. The minimum absolute atomic E-state index is 0.0622. The first kappa shape index (κ1) is 17.4. The summed E-state index contributed by atoms with van der Waals surface area (Å²) in [4.78, 5) is 12.6. The maximum atomic E-state index is 14.0. The van der Waals surface area contributed by atoms with Gasteiger partial charge >= 0.3 is 0 Å². The van der Waals surface area contributed by atoms with Crippen molar-refractivity contribution in [2.45, 2.75) is 11.5 Å². The monoisotopic (exact) mass is 385 g/mol. The van der Waals surface area contributed by atoms with Gasteiger partial charge in [-0.25, -0.2) is 9.07 Å². The molecule has 1 aliphatic rings. The largest absolute Gasteiger partial charge is 0.497 e. The number of hydrogen-bond acceptors (Lipinski definition) is 4. The smallest absolute Gasteiger partial charge is 0.259 e. The van der Waals surface area contributed by atoms with E-state index in [2.05, 4.69) is 10.4 Å². The normalized spacial score (nSPS) is 15.4. The van der Waals surface area contributed by atoms with Crippen LogP contribution in [0.4, 0.5) is 10.2 Å². The van der Waals surface area contributed by atoms with Crippen LogP contribution in [0.25, 0.3) is 5.69 Å². The average Bonchev–Trinajstić information content (AvgIpc) is 3.19. The van der Waals surface area contributed by atoms with Gasteiger partial charge in [0.2, 0.25) is 0 Å². The van der Waals surface area contributed by atoms with Gasteiger partial charge < -0.3 is 10.1 Å². The van der Waals surface area contributed by atoms with E-state index in [9.17, 15) is 13.4 Å². The fraction of sp³-hybridized carbons (Fsp3) is 0.158. The molecule has 2 aromatic carbocycles. The van der Waals surface area contributed by atoms with Crippen LogP contribution in [0, 0.1) is 5.82 Å². The molecule has 0 radical (unpaired) electrons. The van der Waals surface area contributed by atoms with Gasteiger partial charge in [-0.2, -0.15) is 5.10 Å². The molecule has 8 heteroatoms. The minimum Gasteiger partial charge on any atom is -0.497 e. The second-order valence-corrected chi connectivity index (χ2v) is 7.50. The van der Waals surface area contributed by atoms with Gasteiger partial charge in [-0.05, 0) is 36.4 Å². The highest BCUT2D eigenvalue weighted by Crippen LogP contribution is 2.32. The number of hydrogen-bond donors (Lipinski definition) is 1. The highest BCUT2D eigenvalue weighted by Gasteiger charge is 2.28. The molecule has 4 rings (SSSR count). The number of amides is 1. The van der Waals surface area contributed by atoms with E-state index in [1.54, 1.807) is 42.1 Å². The van der Waals surface area contributed by atoms with E-state index in [0.29, 0.717) is 40.0 Å². The maximum absolute atomic E-state index is 14.0. The number of rotatable bonds is 4.